The first-order chi connectivity index (χ1) is 29.2. The van der Waals surface area contributed by atoms with Crippen molar-refractivity contribution in [1.29, 1.82) is 0 Å². The molecule has 0 heteroatoms. The van der Waals surface area contributed by atoms with Crippen molar-refractivity contribution < 1.29 is 0 Å². The van der Waals surface area contributed by atoms with Crippen molar-refractivity contribution in [2.75, 3.05) is 0 Å². The summed E-state index contributed by atoms with van der Waals surface area (Å²) in [6.07, 6.45) is 0. The summed E-state index contributed by atoms with van der Waals surface area (Å²) in [4.78, 5) is 0. The van der Waals surface area contributed by atoms with Gasteiger partial charge in [-0.3, -0.25) is 0 Å². The quantitative estimate of drug-likeness (QED) is 0.143. The molecule has 12 aromatic carbocycles. The monoisotopic (exact) mass is 804 g/mol. The molecule has 0 atom stereocenters. The van der Waals surface area contributed by atoms with Crippen LogP contribution in [0.1, 0.15) is 111 Å². The highest BCUT2D eigenvalue weighted by Crippen LogP contribution is 2.59. The van der Waals surface area contributed by atoms with Gasteiger partial charge in [0.15, 0.2) is 0 Å². The predicted molar refractivity (Wildman–Crippen MR) is 278 cm³/mol. The third kappa shape index (κ3) is 3.66. The highest BCUT2D eigenvalue weighted by molar-refractivity contribution is 6.49. The van der Waals surface area contributed by atoms with Crippen LogP contribution in [0, 0.1) is 138 Å². The Morgan fingerprint density at radius 1 is 0.0806 bits per heavy atom. The summed E-state index contributed by atoms with van der Waals surface area (Å²) in [6, 6.07) is 0. The second-order valence-corrected chi connectivity index (χ2v) is 20.8. The van der Waals surface area contributed by atoms with Gasteiger partial charge in [-0.05, 0) is 368 Å². The lowest BCUT2D eigenvalue weighted by Gasteiger charge is -2.17. The molecule has 0 fully saturated rings. The van der Waals surface area contributed by atoms with Gasteiger partial charge in [-0.2, -0.15) is 0 Å². The first-order valence-corrected chi connectivity index (χ1v) is 23.2. The van der Waals surface area contributed by atoms with Gasteiger partial charge < -0.3 is 0 Å². The molecule has 0 nitrogen and oxygen atoms in total. The van der Waals surface area contributed by atoms with E-state index in [-0.39, 0.29) is 0 Å². The van der Waals surface area contributed by atoms with Crippen LogP contribution in [-0.4, -0.2) is 0 Å². The van der Waals surface area contributed by atoms with Crippen molar-refractivity contribution in [2.45, 2.75) is 138 Å². The molecule has 0 N–H and O–H groups in total. The molecule has 0 radical (unpaired) electrons. The van der Waals surface area contributed by atoms with Crippen molar-refractivity contribution in [1.82, 2.24) is 0 Å². The molecule has 308 valence electrons. The first-order valence-electron chi connectivity index (χ1n) is 23.2. The number of hydrogen-bond donors (Lipinski definition) is 0. The van der Waals surface area contributed by atoms with Crippen LogP contribution in [-0.2, 0) is 0 Å². The van der Waals surface area contributed by atoms with Crippen LogP contribution in [0.2, 0.25) is 0 Å². The summed E-state index contributed by atoms with van der Waals surface area (Å²) in [7, 11) is 0. The van der Waals surface area contributed by atoms with Crippen LogP contribution in [0.3, 0.4) is 0 Å². The van der Waals surface area contributed by atoms with E-state index in [2.05, 4.69) is 138 Å². The van der Waals surface area contributed by atoms with E-state index in [1.807, 2.05) is 0 Å². The summed E-state index contributed by atoms with van der Waals surface area (Å²) < 4.78 is 0. The second kappa shape index (κ2) is 11.4. The lowest BCUT2D eigenvalue weighted by molar-refractivity contribution is 1.28. The number of aryl methyl sites for hydroxylation is 16. The second-order valence-electron chi connectivity index (χ2n) is 20.8. The van der Waals surface area contributed by atoms with E-state index in [0.717, 1.165) is 0 Å². The topological polar surface area (TPSA) is 0 Å². The summed E-state index contributed by atoms with van der Waals surface area (Å²) in [5.74, 6) is 0. The van der Waals surface area contributed by atoms with E-state index in [4.69, 9.17) is 0 Å². The molecule has 0 saturated carbocycles. The Labute approximate surface area is 366 Å². The Morgan fingerprint density at radius 2 is 0.177 bits per heavy atom. The molecule has 12 rings (SSSR count). The normalized spacial score (nSPS) is 13.2. The molecule has 0 heterocycles. The fraction of sp³-hybridized carbons (Fsp3) is 0.323. The molecule has 12 aromatic rings. The van der Waals surface area contributed by atoms with Gasteiger partial charge in [-0.1, -0.05) is 0 Å². The van der Waals surface area contributed by atoms with Crippen LogP contribution in [0.5, 0.6) is 0 Å². The van der Waals surface area contributed by atoms with Crippen LogP contribution < -0.4 is 0 Å². The van der Waals surface area contributed by atoms with Crippen molar-refractivity contribution in [3.8, 4) is 0 Å². The van der Waals surface area contributed by atoms with Crippen molar-refractivity contribution in [2.24, 2.45) is 0 Å². The summed E-state index contributed by atoms with van der Waals surface area (Å²) in [5.41, 5.74) is 29.0. The van der Waals surface area contributed by atoms with Crippen molar-refractivity contribution >= 4 is 118 Å². The molecule has 0 aliphatic carbocycles. The number of fused-ring (bicyclic) bond motifs is 12. The van der Waals surface area contributed by atoms with Crippen LogP contribution in [0.25, 0.3) is 118 Å². The standard InChI is InChI=1S/C62H60/c1-21-25(5)41-26(6)22(2)30(10)44-52-38(18)56-48-35(15)36(16)50-58-40(20)54-46-32(12)24(4)28(8)42-27(7)23(3)31(11)45(60(42)46)53(54)39(19)57(58)49-34(14)33(13)47(61(48)62(49)50)55(56)37(17)51(52)43(29(21)9)59(41)44/h1-20H3. The lowest BCUT2D eigenvalue weighted by atomic mass is 9.86. The van der Waals surface area contributed by atoms with Gasteiger partial charge in [0.1, 0.15) is 0 Å². The van der Waals surface area contributed by atoms with Crippen LogP contribution in [0.15, 0.2) is 0 Å². The van der Waals surface area contributed by atoms with Gasteiger partial charge in [0.25, 0.3) is 0 Å². The third-order valence-corrected chi connectivity index (χ3v) is 18.9. The van der Waals surface area contributed by atoms with E-state index >= 15 is 0 Å². The largest absolute Gasteiger partial charge is 0.0440 e. The Balaban J connectivity index is 1.40. The molecule has 0 unspecified atom stereocenters. The highest BCUT2D eigenvalue weighted by Gasteiger charge is 2.34. The maximum Gasteiger partial charge on any atom is -0.000793 e. The van der Waals surface area contributed by atoms with Gasteiger partial charge in [-0.15, -0.1) is 0 Å². The Kier molecular flexibility index (Phi) is 7.01. The molecule has 62 heavy (non-hydrogen) atoms. The fourth-order valence-corrected chi connectivity index (χ4v) is 14.7. The van der Waals surface area contributed by atoms with E-state index in [1.54, 1.807) is 0 Å². The predicted octanol–water partition coefficient (Wildman–Crippen LogP) is 18.3. The number of benzene rings is 8. The van der Waals surface area contributed by atoms with Crippen LogP contribution >= 0.6 is 0 Å². The Bertz CT molecular complexity index is 3660. The molecule has 0 saturated heterocycles. The van der Waals surface area contributed by atoms with Crippen molar-refractivity contribution in [3.63, 3.8) is 0 Å². The van der Waals surface area contributed by atoms with Crippen molar-refractivity contribution in [3.05, 3.63) is 111 Å². The molecular formula is C62H60. The minimum atomic E-state index is 1.44. The number of hydrogen-bond acceptors (Lipinski definition) is 0. The van der Waals surface area contributed by atoms with E-state index in [9.17, 15) is 0 Å². The SMILES string of the molecule is Cc1c(C)c2c(C)c(C)c(C)c3c4c(C)c5c(c(C)c4c(c1C)c23)c1c(C)c(C)c2c3c(C)c4c(c(C)c3c3c(C)c(C)c5c1c23)c1c(C)c(C)c(C)c2c(C)c(C)c(C)c4c21. The third-order valence-electron chi connectivity index (χ3n) is 18.9. The Morgan fingerprint density at radius 3 is 0.339 bits per heavy atom. The molecule has 0 aliphatic heterocycles. The highest BCUT2D eigenvalue weighted by atomic mass is 14.4. The van der Waals surface area contributed by atoms with Gasteiger partial charge in [0.05, 0.1) is 0 Å². The summed E-state index contributed by atoms with van der Waals surface area (Å²) in [5, 5.41) is 32.8. The average molecular weight is 805 g/mol. The number of rotatable bonds is 0. The Hall–Kier alpha value is -5.46. The first kappa shape index (κ1) is 38.2. The lowest BCUT2D eigenvalue weighted by Crippen LogP contribution is -1.96. The maximum absolute atomic E-state index is 2.48. The van der Waals surface area contributed by atoms with Gasteiger partial charge in [0, 0.05) is 0 Å². The van der Waals surface area contributed by atoms with E-state index in [1.165, 1.54) is 230 Å². The van der Waals surface area contributed by atoms with E-state index < -0.39 is 0 Å². The zero-order valence-corrected chi connectivity index (χ0v) is 41.0. The maximum atomic E-state index is 2.48. The van der Waals surface area contributed by atoms with Crippen LogP contribution in [0.4, 0.5) is 0 Å². The summed E-state index contributed by atoms with van der Waals surface area (Å²) in [6.45, 7) is 48.2. The molecule has 0 bridgehead atoms. The fourth-order valence-electron chi connectivity index (χ4n) is 14.7. The minimum absolute atomic E-state index is 1.44. The minimum Gasteiger partial charge on any atom is -0.0440 e. The molecule has 0 aliphatic rings. The molecular weight excluding hydrogens is 745 g/mol. The van der Waals surface area contributed by atoms with Gasteiger partial charge in [-0.25, -0.2) is 0 Å². The average Bonchev–Trinajstić information content (AvgIpc) is 3.99. The zero-order chi connectivity index (χ0) is 44.2. The molecule has 0 spiro atoms. The van der Waals surface area contributed by atoms with Gasteiger partial charge >= 0.3 is 0 Å². The van der Waals surface area contributed by atoms with E-state index in [0.29, 0.717) is 0 Å². The molecule has 0 amide bonds. The van der Waals surface area contributed by atoms with Gasteiger partial charge in [0.2, 0.25) is 0 Å². The smallest absolute Gasteiger partial charge is 0.000793 e. The summed E-state index contributed by atoms with van der Waals surface area (Å²) >= 11 is 0. The molecule has 0 aromatic heterocycles. The zero-order valence-electron chi connectivity index (χ0n) is 41.0.